The molecule has 0 aliphatic carbocycles. The summed E-state index contributed by atoms with van der Waals surface area (Å²) in [6.07, 6.45) is 2.10. The lowest BCUT2D eigenvalue weighted by molar-refractivity contribution is -0.120. The van der Waals surface area contributed by atoms with Gasteiger partial charge in [0.25, 0.3) is 0 Å². The van der Waals surface area contributed by atoms with E-state index in [1.807, 2.05) is 30.5 Å². The average molecular weight is 360 g/mol. The third-order valence-electron chi connectivity index (χ3n) is 3.71. The highest BCUT2D eigenvalue weighted by Gasteiger charge is 2.08. The lowest BCUT2D eigenvalue weighted by Crippen LogP contribution is -2.21. The maximum atomic E-state index is 12.1. The normalized spacial score (nSPS) is 11.7. The summed E-state index contributed by atoms with van der Waals surface area (Å²) in [5.74, 6) is -0.181. The molecule has 0 saturated heterocycles. The molecule has 0 aliphatic rings. The van der Waals surface area contributed by atoms with Crippen LogP contribution in [0.2, 0.25) is 10.0 Å². The SMILES string of the molecule is C/C(=N\NC(=O)Cc1c[nH]c2ccccc12)c1ccc(Cl)c(Cl)c1. The number of rotatable bonds is 4. The van der Waals surface area contributed by atoms with Gasteiger partial charge in [0.05, 0.1) is 22.2 Å². The predicted molar refractivity (Wildman–Crippen MR) is 98.8 cm³/mol. The van der Waals surface area contributed by atoms with Crippen molar-refractivity contribution in [2.24, 2.45) is 5.10 Å². The Hall–Kier alpha value is -2.30. The molecule has 2 aromatic carbocycles. The summed E-state index contributed by atoms with van der Waals surface area (Å²) in [7, 11) is 0. The van der Waals surface area contributed by atoms with Crippen LogP contribution in [-0.4, -0.2) is 16.6 Å². The van der Waals surface area contributed by atoms with Crippen molar-refractivity contribution in [2.75, 3.05) is 0 Å². The second-order valence-corrected chi connectivity index (χ2v) is 6.21. The molecule has 122 valence electrons. The molecule has 0 atom stereocenters. The highest BCUT2D eigenvalue weighted by atomic mass is 35.5. The fourth-order valence-corrected chi connectivity index (χ4v) is 2.72. The Morgan fingerprint density at radius 2 is 1.96 bits per heavy atom. The molecule has 3 aromatic rings. The largest absolute Gasteiger partial charge is 0.361 e. The highest BCUT2D eigenvalue weighted by Crippen LogP contribution is 2.23. The van der Waals surface area contributed by atoms with Crippen molar-refractivity contribution in [3.8, 4) is 0 Å². The molecule has 4 nitrogen and oxygen atoms in total. The molecule has 1 amide bonds. The Morgan fingerprint density at radius 3 is 2.75 bits per heavy atom. The second kappa shape index (κ2) is 7.07. The fraction of sp³-hybridized carbons (Fsp3) is 0.111. The van der Waals surface area contributed by atoms with Crippen LogP contribution in [-0.2, 0) is 11.2 Å². The van der Waals surface area contributed by atoms with Crippen molar-refractivity contribution in [3.05, 3.63) is 69.8 Å². The Labute approximate surface area is 149 Å². The van der Waals surface area contributed by atoms with E-state index >= 15 is 0 Å². The van der Waals surface area contributed by atoms with Gasteiger partial charge in [-0.1, -0.05) is 47.5 Å². The van der Waals surface area contributed by atoms with Crippen LogP contribution < -0.4 is 5.43 Å². The van der Waals surface area contributed by atoms with E-state index < -0.39 is 0 Å². The van der Waals surface area contributed by atoms with Crippen LogP contribution in [0.15, 0.2) is 53.8 Å². The molecule has 0 aliphatic heterocycles. The van der Waals surface area contributed by atoms with Crippen molar-refractivity contribution < 1.29 is 4.79 Å². The zero-order valence-corrected chi connectivity index (χ0v) is 14.4. The number of halogens is 2. The molecule has 0 saturated carbocycles. The molecule has 0 spiro atoms. The van der Waals surface area contributed by atoms with Gasteiger partial charge in [-0.2, -0.15) is 5.10 Å². The smallest absolute Gasteiger partial charge is 0.244 e. The summed E-state index contributed by atoms with van der Waals surface area (Å²) >= 11 is 11.9. The van der Waals surface area contributed by atoms with Gasteiger partial charge in [0.2, 0.25) is 5.91 Å². The van der Waals surface area contributed by atoms with Crippen LogP contribution in [0, 0.1) is 0 Å². The first kappa shape index (κ1) is 16.6. The molecule has 3 rings (SSSR count). The standard InChI is InChI=1S/C18H15Cl2N3O/c1-11(12-6-7-15(19)16(20)8-12)22-23-18(24)9-13-10-21-17-5-3-2-4-14(13)17/h2-8,10,21H,9H2,1H3,(H,23,24)/b22-11+. The number of nitrogens with one attached hydrogen (secondary N) is 2. The van der Waals surface area contributed by atoms with Gasteiger partial charge in [-0.25, -0.2) is 5.43 Å². The first-order valence-corrected chi connectivity index (χ1v) is 8.14. The first-order valence-electron chi connectivity index (χ1n) is 7.38. The number of H-pyrrole nitrogens is 1. The number of benzene rings is 2. The number of para-hydroxylation sites is 1. The summed E-state index contributed by atoms with van der Waals surface area (Å²) < 4.78 is 0. The number of carbonyl (C=O) groups excluding carboxylic acids is 1. The van der Waals surface area contributed by atoms with Crippen LogP contribution in [0.5, 0.6) is 0 Å². The zero-order chi connectivity index (χ0) is 17.1. The third kappa shape index (κ3) is 3.61. The van der Waals surface area contributed by atoms with E-state index in [-0.39, 0.29) is 12.3 Å². The molecule has 2 N–H and O–H groups in total. The topological polar surface area (TPSA) is 57.2 Å². The number of amides is 1. The van der Waals surface area contributed by atoms with E-state index in [9.17, 15) is 4.79 Å². The Bertz CT molecular complexity index is 931. The fourth-order valence-electron chi connectivity index (χ4n) is 2.42. The number of hydrogen-bond donors (Lipinski definition) is 2. The zero-order valence-electron chi connectivity index (χ0n) is 12.9. The molecular formula is C18H15Cl2N3O. The number of hydrogen-bond acceptors (Lipinski definition) is 2. The molecule has 1 aromatic heterocycles. The quantitative estimate of drug-likeness (QED) is 0.520. The molecular weight excluding hydrogens is 345 g/mol. The third-order valence-corrected chi connectivity index (χ3v) is 4.45. The summed E-state index contributed by atoms with van der Waals surface area (Å²) in [5.41, 5.74) is 5.98. The van der Waals surface area contributed by atoms with Crippen molar-refractivity contribution >= 4 is 45.7 Å². The van der Waals surface area contributed by atoms with Gasteiger partial charge in [-0.3, -0.25) is 4.79 Å². The number of aromatic nitrogens is 1. The van der Waals surface area contributed by atoms with Crippen LogP contribution in [0.25, 0.3) is 10.9 Å². The minimum absolute atomic E-state index is 0.181. The van der Waals surface area contributed by atoms with Crippen LogP contribution >= 0.6 is 23.2 Å². The molecule has 0 bridgehead atoms. The minimum Gasteiger partial charge on any atom is -0.361 e. The van der Waals surface area contributed by atoms with Gasteiger partial charge in [0.1, 0.15) is 0 Å². The van der Waals surface area contributed by atoms with E-state index in [0.29, 0.717) is 15.8 Å². The molecule has 0 unspecified atom stereocenters. The van der Waals surface area contributed by atoms with E-state index in [0.717, 1.165) is 22.0 Å². The number of fused-ring (bicyclic) bond motifs is 1. The number of nitrogens with zero attached hydrogens (tertiary/aromatic N) is 1. The summed E-state index contributed by atoms with van der Waals surface area (Å²) in [6.45, 7) is 1.80. The summed E-state index contributed by atoms with van der Waals surface area (Å²) in [5, 5.41) is 6.11. The molecule has 6 heteroatoms. The molecule has 24 heavy (non-hydrogen) atoms. The van der Waals surface area contributed by atoms with E-state index in [4.69, 9.17) is 23.2 Å². The Morgan fingerprint density at radius 1 is 1.17 bits per heavy atom. The van der Waals surface area contributed by atoms with Gasteiger partial charge in [0, 0.05) is 17.1 Å². The van der Waals surface area contributed by atoms with Crippen molar-refractivity contribution in [1.82, 2.24) is 10.4 Å². The summed E-state index contributed by atoms with van der Waals surface area (Å²) in [4.78, 5) is 15.3. The Kier molecular flexibility index (Phi) is 4.88. The first-order chi connectivity index (χ1) is 11.5. The average Bonchev–Trinajstić information content (AvgIpc) is 2.98. The monoisotopic (exact) mass is 359 g/mol. The maximum absolute atomic E-state index is 12.1. The van der Waals surface area contributed by atoms with Crippen molar-refractivity contribution in [1.29, 1.82) is 0 Å². The van der Waals surface area contributed by atoms with Gasteiger partial charge >= 0.3 is 0 Å². The van der Waals surface area contributed by atoms with Crippen LogP contribution in [0.3, 0.4) is 0 Å². The van der Waals surface area contributed by atoms with E-state index in [1.54, 1.807) is 25.1 Å². The van der Waals surface area contributed by atoms with Crippen molar-refractivity contribution in [3.63, 3.8) is 0 Å². The molecule has 0 fully saturated rings. The predicted octanol–water partition coefficient (Wildman–Crippen LogP) is 4.56. The van der Waals surface area contributed by atoms with Gasteiger partial charge in [-0.15, -0.1) is 0 Å². The molecule has 0 radical (unpaired) electrons. The lowest BCUT2D eigenvalue weighted by Gasteiger charge is -2.04. The van der Waals surface area contributed by atoms with E-state index in [2.05, 4.69) is 15.5 Å². The van der Waals surface area contributed by atoms with Crippen LogP contribution in [0.1, 0.15) is 18.1 Å². The Balaban J connectivity index is 1.69. The molecule has 1 heterocycles. The van der Waals surface area contributed by atoms with E-state index in [1.165, 1.54) is 0 Å². The summed E-state index contributed by atoms with van der Waals surface area (Å²) in [6, 6.07) is 13.1. The van der Waals surface area contributed by atoms with Crippen molar-refractivity contribution in [2.45, 2.75) is 13.3 Å². The minimum atomic E-state index is -0.181. The second-order valence-electron chi connectivity index (χ2n) is 5.40. The van der Waals surface area contributed by atoms with Gasteiger partial charge in [-0.05, 0) is 36.2 Å². The number of aromatic amines is 1. The number of hydrazone groups is 1. The van der Waals surface area contributed by atoms with Crippen LogP contribution in [0.4, 0.5) is 0 Å². The number of carbonyl (C=O) groups is 1. The van der Waals surface area contributed by atoms with Gasteiger partial charge in [0.15, 0.2) is 0 Å². The van der Waals surface area contributed by atoms with Gasteiger partial charge < -0.3 is 4.98 Å². The lowest BCUT2D eigenvalue weighted by atomic mass is 10.1. The highest BCUT2D eigenvalue weighted by molar-refractivity contribution is 6.42. The maximum Gasteiger partial charge on any atom is 0.244 e.